The Balaban J connectivity index is 1.71. The minimum absolute atomic E-state index is 0.172. The molecule has 0 bridgehead atoms. The molecule has 29 heavy (non-hydrogen) atoms. The molecule has 2 heterocycles. The number of methoxy groups -OCH3 is 3. The Morgan fingerprint density at radius 2 is 1.72 bits per heavy atom. The number of ether oxygens (including phenoxy) is 3. The van der Waals surface area contributed by atoms with Gasteiger partial charge in [-0.3, -0.25) is 9.80 Å². The first kappa shape index (κ1) is 21.5. The molecule has 1 aliphatic heterocycles. The monoisotopic (exact) mass is 404 g/mol. The number of aliphatic hydroxyl groups is 1. The summed E-state index contributed by atoms with van der Waals surface area (Å²) >= 11 is 0. The van der Waals surface area contributed by atoms with Gasteiger partial charge in [0.15, 0.2) is 11.5 Å². The first-order valence-corrected chi connectivity index (χ1v) is 9.99. The predicted molar refractivity (Wildman–Crippen MR) is 111 cm³/mol. The number of benzene rings is 1. The predicted octanol–water partition coefficient (Wildman–Crippen LogP) is 2.68. The van der Waals surface area contributed by atoms with Crippen molar-refractivity contribution in [3.63, 3.8) is 0 Å². The first-order valence-electron chi connectivity index (χ1n) is 9.99. The van der Waals surface area contributed by atoms with Crippen LogP contribution in [0.5, 0.6) is 17.2 Å². The summed E-state index contributed by atoms with van der Waals surface area (Å²) in [7, 11) is 4.93. The van der Waals surface area contributed by atoms with Gasteiger partial charge >= 0.3 is 0 Å². The highest BCUT2D eigenvalue weighted by Crippen LogP contribution is 2.35. The van der Waals surface area contributed by atoms with Gasteiger partial charge in [-0.2, -0.15) is 0 Å². The molecule has 1 saturated heterocycles. The van der Waals surface area contributed by atoms with Gasteiger partial charge in [0.25, 0.3) is 0 Å². The highest BCUT2D eigenvalue weighted by atomic mass is 16.5. The summed E-state index contributed by atoms with van der Waals surface area (Å²) in [5.41, 5.74) is 1.06. The molecule has 7 heteroatoms. The van der Waals surface area contributed by atoms with Crippen molar-refractivity contribution >= 4 is 0 Å². The fourth-order valence-corrected chi connectivity index (χ4v) is 3.96. The van der Waals surface area contributed by atoms with Crippen LogP contribution in [0.2, 0.25) is 0 Å². The van der Waals surface area contributed by atoms with E-state index in [1.807, 2.05) is 31.2 Å². The lowest BCUT2D eigenvalue weighted by atomic mass is 10.1. The van der Waals surface area contributed by atoms with Gasteiger partial charge in [-0.1, -0.05) is 0 Å². The van der Waals surface area contributed by atoms with Crippen LogP contribution in [0.1, 0.15) is 23.5 Å². The highest BCUT2D eigenvalue weighted by molar-refractivity contribution is 5.50. The lowest BCUT2D eigenvalue weighted by Crippen LogP contribution is -2.52. The quantitative estimate of drug-likeness (QED) is 0.689. The zero-order valence-electron chi connectivity index (χ0n) is 17.8. The molecule has 1 fully saturated rings. The molecule has 160 valence electrons. The van der Waals surface area contributed by atoms with Crippen LogP contribution >= 0.6 is 0 Å². The molecule has 1 aromatic heterocycles. The summed E-state index contributed by atoms with van der Waals surface area (Å²) in [5, 5.41) is 9.57. The zero-order valence-corrected chi connectivity index (χ0v) is 17.8. The van der Waals surface area contributed by atoms with E-state index < -0.39 is 0 Å². The van der Waals surface area contributed by atoms with Crippen LogP contribution < -0.4 is 14.2 Å². The van der Waals surface area contributed by atoms with Gasteiger partial charge in [0.05, 0.1) is 27.9 Å². The van der Waals surface area contributed by atoms with Crippen molar-refractivity contribution < 1.29 is 23.7 Å². The number of rotatable bonds is 9. The number of hydrogen-bond donors (Lipinski definition) is 1. The standard InChI is InChI=1S/C22H32N2O5/c1-16-5-6-19(29-16)15-24-9-8-23(14-18(24)7-10-25)13-17-11-21(27-3)22(28-4)12-20(17)26-2/h5-6,11-12,18,25H,7-10,13-15H2,1-4H3/t18-/m1/s1. The third-order valence-corrected chi connectivity index (χ3v) is 5.49. The van der Waals surface area contributed by atoms with Gasteiger partial charge < -0.3 is 23.7 Å². The van der Waals surface area contributed by atoms with Gasteiger partial charge in [-0.15, -0.1) is 0 Å². The summed E-state index contributed by atoms with van der Waals surface area (Å²) in [6.45, 7) is 6.37. The average molecular weight is 405 g/mol. The third kappa shape index (κ3) is 5.23. The molecule has 0 spiro atoms. The fraction of sp³-hybridized carbons (Fsp3) is 0.545. The molecule has 2 aromatic rings. The molecular formula is C22H32N2O5. The number of aliphatic hydroxyl groups excluding tert-OH is 1. The minimum Gasteiger partial charge on any atom is -0.496 e. The lowest BCUT2D eigenvalue weighted by molar-refractivity contribution is 0.0450. The molecule has 1 aliphatic rings. The second kappa shape index (κ2) is 10.0. The van der Waals surface area contributed by atoms with Crippen LogP contribution in [0.3, 0.4) is 0 Å². The van der Waals surface area contributed by atoms with Crippen LogP contribution in [0.15, 0.2) is 28.7 Å². The minimum atomic E-state index is 0.172. The van der Waals surface area contributed by atoms with E-state index in [9.17, 15) is 5.11 Å². The molecule has 1 atom stereocenters. The van der Waals surface area contributed by atoms with Crippen molar-refractivity contribution in [3.8, 4) is 17.2 Å². The number of aryl methyl sites for hydroxylation is 1. The Bertz CT molecular complexity index is 792. The van der Waals surface area contributed by atoms with E-state index in [-0.39, 0.29) is 12.6 Å². The van der Waals surface area contributed by atoms with Gasteiger partial charge in [-0.05, 0) is 31.5 Å². The van der Waals surface area contributed by atoms with Crippen molar-refractivity contribution in [2.24, 2.45) is 0 Å². The van der Waals surface area contributed by atoms with E-state index >= 15 is 0 Å². The maximum atomic E-state index is 9.57. The smallest absolute Gasteiger partial charge is 0.164 e. The lowest BCUT2D eigenvalue weighted by Gasteiger charge is -2.41. The first-order chi connectivity index (χ1) is 14.1. The Morgan fingerprint density at radius 3 is 2.34 bits per heavy atom. The largest absolute Gasteiger partial charge is 0.496 e. The highest BCUT2D eigenvalue weighted by Gasteiger charge is 2.28. The average Bonchev–Trinajstić information content (AvgIpc) is 3.14. The summed E-state index contributed by atoms with van der Waals surface area (Å²) < 4.78 is 22.2. The van der Waals surface area contributed by atoms with Crippen molar-refractivity contribution in [1.29, 1.82) is 0 Å². The van der Waals surface area contributed by atoms with Crippen molar-refractivity contribution in [1.82, 2.24) is 9.80 Å². The van der Waals surface area contributed by atoms with E-state index in [2.05, 4.69) is 9.80 Å². The Hall–Kier alpha value is -2.22. The maximum Gasteiger partial charge on any atom is 0.164 e. The normalized spacial score (nSPS) is 18.0. The van der Waals surface area contributed by atoms with Crippen molar-refractivity contribution in [2.75, 3.05) is 47.6 Å². The van der Waals surface area contributed by atoms with E-state index in [1.165, 1.54) is 0 Å². The van der Waals surface area contributed by atoms with E-state index in [4.69, 9.17) is 18.6 Å². The molecular weight excluding hydrogens is 372 g/mol. The van der Waals surface area contributed by atoms with Crippen LogP contribution in [-0.4, -0.2) is 68.5 Å². The Labute approximate surface area is 172 Å². The SMILES string of the molecule is COc1cc(OC)c(OC)cc1CN1CCN(Cc2ccc(C)o2)[C@H](CCO)C1. The Kier molecular flexibility index (Phi) is 7.41. The molecule has 0 amide bonds. The maximum absolute atomic E-state index is 9.57. The molecule has 0 radical (unpaired) electrons. The fourth-order valence-electron chi connectivity index (χ4n) is 3.96. The van der Waals surface area contributed by atoms with Crippen LogP contribution in [0.25, 0.3) is 0 Å². The van der Waals surface area contributed by atoms with Gasteiger partial charge in [0.2, 0.25) is 0 Å². The number of hydrogen-bond acceptors (Lipinski definition) is 7. The molecule has 0 saturated carbocycles. The zero-order chi connectivity index (χ0) is 20.8. The summed E-state index contributed by atoms with van der Waals surface area (Å²) in [6.07, 6.45) is 0.735. The van der Waals surface area contributed by atoms with Crippen LogP contribution in [-0.2, 0) is 13.1 Å². The molecule has 1 N–H and O–H groups in total. The summed E-state index contributed by atoms with van der Waals surface area (Å²) in [4.78, 5) is 4.80. The summed E-state index contributed by atoms with van der Waals surface area (Å²) in [5.74, 6) is 4.04. The molecule has 0 aliphatic carbocycles. The molecule has 0 unspecified atom stereocenters. The van der Waals surface area contributed by atoms with E-state index in [1.54, 1.807) is 21.3 Å². The van der Waals surface area contributed by atoms with Crippen LogP contribution in [0.4, 0.5) is 0 Å². The second-order valence-electron chi connectivity index (χ2n) is 7.40. The number of furan rings is 1. The number of piperazine rings is 1. The topological polar surface area (TPSA) is 67.5 Å². The van der Waals surface area contributed by atoms with Crippen molar-refractivity contribution in [3.05, 3.63) is 41.3 Å². The molecule has 1 aromatic carbocycles. The Morgan fingerprint density at radius 1 is 1.00 bits per heavy atom. The third-order valence-electron chi connectivity index (χ3n) is 5.49. The van der Waals surface area contributed by atoms with Crippen molar-refractivity contribution in [2.45, 2.75) is 32.5 Å². The van der Waals surface area contributed by atoms with Gasteiger partial charge in [0, 0.05) is 50.5 Å². The van der Waals surface area contributed by atoms with Crippen LogP contribution in [0, 0.1) is 6.92 Å². The van der Waals surface area contributed by atoms with E-state index in [0.717, 1.165) is 62.0 Å². The van der Waals surface area contributed by atoms with Gasteiger partial charge in [-0.25, -0.2) is 0 Å². The number of nitrogens with zero attached hydrogens (tertiary/aromatic N) is 2. The molecule has 3 rings (SSSR count). The summed E-state index contributed by atoms with van der Waals surface area (Å²) in [6, 6.07) is 8.15. The van der Waals surface area contributed by atoms with Gasteiger partial charge in [0.1, 0.15) is 17.3 Å². The second-order valence-corrected chi connectivity index (χ2v) is 7.40. The van der Waals surface area contributed by atoms with E-state index in [0.29, 0.717) is 11.5 Å². The molecule has 7 nitrogen and oxygen atoms in total.